The third-order valence-electron chi connectivity index (χ3n) is 6.12. The summed E-state index contributed by atoms with van der Waals surface area (Å²) in [6.45, 7) is 13.2. The van der Waals surface area contributed by atoms with E-state index < -0.39 is 47.6 Å². The molecule has 0 aromatic carbocycles. The van der Waals surface area contributed by atoms with E-state index in [1.165, 1.54) is 0 Å². The Bertz CT molecular complexity index is 638. The zero-order valence-corrected chi connectivity index (χ0v) is 14.9. The van der Waals surface area contributed by atoms with Crippen LogP contribution in [0.1, 0.15) is 33.6 Å². The van der Waals surface area contributed by atoms with Crippen LogP contribution in [0.3, 0.4) is 0 Å². The van der Waals surface area contributed by atoms with E-state index in [-0.39, 0.29) is 23.9 Å². The highest BCUT2D eigenvalue weighted by molar-refractivity contribution is 5.91. The van der Waals surface area contributed by atoms with Gasteiger partial charge in [-0.15, -0.1) is 0 Å². The van der Waals surface area contributed by atoms with Crippen LogP contribution in [-0.2, 0) is 19.1 Å². The highest BCUT2D eigenvalue weighted by atomic mass is 16.6. The van der Waals surface area contributed by atoms with Gasteiger partial charge in [-0.3, -0.25) is 4.79 Å². The number of rotatable bonds is 2. The zero-order valence-electron chi connectivity index (χ0n) is 14.9. The van der Waals surface area contributed by atoms with E-state index in [0.717, 1.165) is 0 Å². The van der Waals surface area contributed by atoms with Crippen LogP contribution in [0.25, 0.3) is 0 Å². The quantitative estimate of drug-likeness (QED) is 0.444. The molecular weight excluding hydrogens is 324 g/mol. The monoisotopic (exact) mass is 350 g/mol. The number of hydrogen-bond donors (Lipinski definition) is 2. The van der Waals surface area contributed by atoms with Gasteiger partial charge in [-0.2, -0.15) is 0 Å². The van der Waals surface area contributed by atoms with Gasteiger partial charge in [0.1, 0.15) is 12.2 Å². The average Bonchev–Trinajstić information content (AvgIpc) is 2.80. The summed E-state index contributed by atoms with van der Waals surface area (Å²) in [5.74, 6) is -2.08. The maximum Gasteiger partial charge on any atom is 0.334 e. The maximum atomic E-state index is 12.2. The molecule has 0 spiro atoms. The minimum absolute atomic E-state index is 0.170. The Morgan fingerprint density at radius 3 is 2.60 bits per heavy atom. The van der Waals surface area contributed by atoms with E-state index in [0.29, 0.717) is 12.0 Å². The molecule has 0 bridgehead atoms. The highest BCUT2D eigenvalue weighted by Crippen LogP contribution is 2.57. The molecule has 1 saturated heterocycles. The van der Waals surface area contributed by atoms with E-state index in [9.17, 15) is 19.8 Å². The van der Waals surface area contributed by atoms with Crippen LogP contribution in [-0.4, -0.2) is 46.6 Å². The van der Waals surface area contributed by atoms with Crippen molar-refractivity contribution < 1.29 is 29.3 Å². The molecule has 1 aliphatic heterocycles. The third-order valence-corrected chi connectivity index (χ3v) is 6.12. The first-order valence-electron chi connectivity index (χ1n) is 8.73. The molecule has 6 heteroatoms. The Morgan fingerprint density at radius 1 is 1.36 bits per heavy atom. The molecule has 1 heterocycles. The fourth-order valence-electron chi connectivity index (χ4n) is 4.60. The lowest BCUT2D eigenvalue weighted by atomic mass is 9.53. The third kappa shape index (κ3) is 2.62. The number of aliphatic hydroxyl groups is 2. The lowest BCUT2D eigenvalue weighted by Gasteiger charge is -2.55. The summed E-state index contributed by atoms with van der Waals surface area (Å²) >= 11 is 0. The summed E-state index contributed by atoms with van der Waals surface area (Å²) < 4.78 is 11.2. The fourth-order valence-corrected chi connectivity index (χ4v) is 4.60. The fraction of sp³-hybridized carbons (Fsp3) is 0.684. The van der Waals surface area contributed by atoms with Crippen molar-refractivity contribution in [2.24, 2.45) is 23.2 Å². The molecule has 0 aromatic rings. The minimum Gasteiger partial charge on any atom is -0.461 e. The van der Waals surface area contributed by atoms with Crippen LogP contribution in [0, 0.1) is 23.2 Å². The van der Waals surface area contributed by atoms with Crippen LogP contribution in [0.5, 0.6) is 0 Å². The van der Waals surface area contributed by atoms with Crippen molar-refractivity contribution in [1.82, 2.24) is 0 Å². The van der Waals surface area contributed by atoms with Crippen LogP contribution in [0.4, 0.5) is 0 Å². The summed E-state index contributed by atoms with van der Waals surface area (Å²) in [5, 5.41) is 20.9. The van der Waals surface area contributed by atoms with Gasteiger partial charge in [0, 0.05) is 23.3 Å². The lowest BCUT2D eigenvalue weighted by molar-refractivity contribution is -0.185. The molecule has 7 atom stereocenters. The van der Waals surface area contributed by atoms with Crippen molar-refractivity contribution in [2.75, 3.05) is 0 Å². The van der Waals surface area contributed by atoms with Gasteiger partial charge < -0.3 is 19.7 Å². The van der Waals surface area contributed by atoms with Crippen molar-refractivity contribution in [2.45, 2.75) is 58.0 Å². The number of fused-ring (bicyclic) bond motifs is 3. The van der Waals surface area contributed by atoms with Gasteiger partial charge in [-0.05, 0) is 12.0 Å². The van der Waals surface area contributed by atoms with Crippen LogP contribution < -0.4 is 0 Å². The molecular formula is C19H26O6. The molecule has 0 aromatic heterocycles. The van der Waals surface area contributed by atoms with E-state index in [2.05, 4.69) is 13.2 Å². The number of aliphatic hydroxyl groups excluding tert-OH is 2. The SMILES string of the molecule is C=C1C(=O)OC2C1C(OC(=O)C(C)C)CC1(C)C(O)CC(O)C(=C)C21. The maximum absolute atomic E-state index is 12.2. The molecule has 138 valence electrons. The Balaban J connectivity index is 2.01. The van der Waals surface area contributed by atoms with Crippen molar-refractivity contribution >= 4 is 11.9 Å². The van der Waals surface area contributed by atoms with Crippen molar-refractivity contribution in [3.63, 3.8) is 0 Å². The van der Waals surface area contributed by atoms with Gasteiger partial charge in [0.25, 0.3) is 0 Å². The molecule has 2 N–H and O–H groups in total. The Hall–Kier alpha value is -1.66. The Kier molecular flexibility index (Phi) is 4.32. The lowest BCUT2D eigenvalue weighted by Crippen LogP contribution is -2.60. The number of esters is 2. The van der Waals surface area contributed by atoms with Gasteiger partial charge >= 0.3 is 11.9 Å². The zero-order chi connectivity index (χ0) is 18.7. The van der Waals surface area contributed by atoms with E-state index >= 15 is 0 Å². The molecule has 7 unspecified atom stereocenters. The summed E-state index contributed by atoms with van der Waals surface area (Å²) in [6.07, 6.45) is -2.37. The second-order valence-corrected chi connectivity index (χ2v) is 8.08. The molecule has 6 nitrogen and oxygen atoms in total. The smallest absolute Gasteiger partial charge is 0.334 e. The van der Waals surface area contributed by atoms with E-state index in [4.69, 9.17) is 9.47 Å². The number of hydrogen-bond acceptors (Lipinski definition) is 6. The number of ether oxygens (including phenoxy) is 2. The first kappa shape index (κ1) is 18.1. The average molecular weight is 350 g/mol. The molecule has 3 rings (SSSR count). The second kappa shape index (κ2) is 5.95. The largest absolute Gasteiger partial charge is 0.461 e. The van der Waals surface area contributed by atoms with Crippen molar-refractivity contribution in [1.29, 1.82) is 0 Å². The first-order chi connectivity index (χ1) is 11.6. The number of carbonyl (C=O) groups is 2. The Labute approximate surface area is 147 Å². The van der Waals surface area contributed by atoms with Crippen molar-refractivity contribution in [3.05, 3.63) is 24.3 Å². The van der Waals surface area contributed by atoms with E-state index in [1.54, 1.807) is 13.8 Å². The standard InChI is InChI=1S/C19H26O6/c1-8(2)17(22)24-12-7-19(5)13(21)6-11(20)9(3)15(19)16-14(12)10(4)18(23)25-16/h8,11-16,20-21H,3-4,6-7H2,1-2,5H3. The molecule has 3 fully saturated rings. The van der Waals surface area contributed by atoms with Gasteiger partial charge in [0.2, 0.25) is 0 Å². The summed E-state index contributed by atoms with van der Waals surface area (Å²) in [6, 6.07) is 0. The second-order valence-electron chi connectivity index (χ2n) is 8.08. The van der Waals surface area contributed by atoms with Gasteiger partial charge in [-0.25, -0.2) is 4.79 Å². The minimum atomic E-state index is -0.851. The highest BCUT2D eigenvalue weighted by Gasteiger charge is 2.63. The summed E-state index contributed by atoms with van der Waals surface area (Å²) in [5.41, 5.74) is 0.125. The van der Waals surface area contributed by atoms with Crippen molar-refractivity contribution in [3.8, 4) is 0 Å². The summed E-state index contributed by atoms with van der Waals surface area (Å²) in [7, 11) is 0. The van der Waals surface area contributed by atoms with Gasteiger partial charge in [0.05, 0.1) is 24.0 Å². The molecule has 0 amide bonds. The predicted molar refractivity (Wildman–Crippen MR) is 89.2 cm³/mol. The predicted octanol–water partition coefficient (Wildman–Crippen LogP) is 1.36. The number of carbonyl (C=O) groups excluding carboxylic acids is 2. The van der Waals surface area contributed by atoms with E-state index in [1.807, 2.05) is 6.92 Å². The van der Waals surface area contributed by atoms with Crippen LogP contribution in [0.15, 0.2) is 24.3 Å². The van der Waals surface area contributed by atoms with Crippen LogP contribution >= 0.6 is 0 Å². The molecule has 25 heavy (non-hydrogen) atoms. The molecule has 0 radical (unpaired) electrons. The van der Waals surface area contributed by atoms with Crippen LogP contribution in [0.2, 0.25) is 0 Å². The molecule has 2 saturated carbocycles. The van der Waals surface area contributed by atoms with Gasteiger partial charge in [0.15, 0.2) is 0 Å². The normalized spacial score (nSPS) is 43.5. The Morgan fingerprint density at radius 2 is 2.00 bits per heavy atom. The molecule has 3 aliphatic rings. The first-order valence-corrected chi connectivity index (χ1v) is 8.73. The van der Waals surface area contributed by atoms with Gasteiger partial charge in [-0.1, -0.05) is 33.9 Å². The molecule has 2 aliphatic carbocycles. The summed E-state index contributed by atoms with van der Waals surface area (Å²) in [4.78, 5) is 24.3. The topological polar surface area (TPSA) is 93.1 Å².